The standard InChI is InChI=1S/C15H15F2NO/c16-12-4-5-14(17)13(9-12)15(19)11-3-1-2-10(8-11)6-7-18/h1-5,8-9,15,19H,6-7,18H2. The summed E-state index contributed by atoms with van der Waals surface area (Å²) in [5.41, 5.74) is 6.88. The molecule has 4 heteroatoms. The SMILES string of the molecule is NCCc1cccc(C(O)c2cc(F)ccc2F)c1. The van der Waals surface area contributed by atoms with Gasteiger partial charge in [-0.1, -0.05) is 24.3 Å². The van der Waals surface area contributed by atoms with E-state index in [1.165, 1.54) is 0 Å². The van der Waals surface area contributed by atoms with Crippen molar-refractivity contribution in [2.45, 2.75) is 12.5 Å². The minimum absolute atomic E-state index is 0.0649. The van der Waals surface area contributed by atoms with E-state index in [-0.39, 0.29) is 5.56 Å². The first-order chi connectivity index (χ1) is 9.11. The van der Waals surface area contributed by atoms with E-state index in [9.17, 15) is 13.9 Å². The van der Waals surface area contributed by atoms with Crippen LogP contribution in [0.1, 0.15) is 22.8 Å². The molecule has 0 aliphatic heterocycles. The summed E-state index contributed by atoms with van der Waals surface area (Å²) in [5, 5.41) is 10.2. The second kappa shape index (κ2) is 5.91. The number of aliphatic hydroxyl groups excluding tert-OH is 1. The van der Waals surface area contributed by atoms with Gasteiger partial charge in [0.15, 0.2) is 0 Å². The smallest absolute Gasteiger partial charge is 0.129 e. The predicted molar refractivity (Wildman–Crippen MR) is 69.6 cm³/mol. The van der Waals surface area contributed by atoms with Gasteiger partial charge >= 0.3 is 0 Å². The van der Waals surface area contributed by atoms with Crippen LogP contribution in [0.3, 0.4) is 0 Å². The van der Waals surface area contributed by atoms with Crippen LogP contribution in [-0.4, -0.2) is 11.7 Å². The quantitative estimate of drug-likeness (QED) is 0.890. The van der Waals surface area contributed by atoms with E-state index in [4.69, 9.17) is 5.73 Å². The lowest BCUT2D eigenvalue weighted by atomic mass is 9.98. The van der Waals surface area contributed by atoms with Gasteiger partial charge in [-0.05, 0) is 42.3 Å². The summed E-state index contributed by atoms with van der Waals surface area (Å²) in [4.78, 5) is 0. The number of aliphatic hydroxyl groups is 1. The molecule has 19 heavy (non-hydrogen) atoms. The fraction of sp³-hybridized carbons (Fsp3) is 0.200. The molecule has 0 saturated carbocycles. The van der Waals surface area contributed by atoms with Crippen molar-refractivity contribution in [1.29, 1.82) is 0 Å². The lowest BCUT2D eigenvalue weighted by molar-refractivity contribution is 0.214. The van der Waals surface area contributed by atoms with Gasteiger partial charge in [0.05, 0.1) is 0 Å². The summed E-state index contributed by atoms with van der Waals surface area (Å²) >= 11 is 0. The normalized spacial score (nSPS) is 12.4. The first-order valence-electron chi connectivity index (χ1n) is 6.03. The molecule has 0 aromatic heterocycles. The molecule has 0 bridgehead atoms. The maximum atomic E-state index is 13.6. The zero-order valence-corrected chi connectivity index (χ0v) is 10.3. The summed E-state index contributed by atoms with van der Waals surface area (Å²) in [6.45, 7) is 0.494. The average molecular weight is 263 g/mol. The third kappa shape index (κ3) is 3.16. The van der Waals surface area contributed by atoms with Crippen molar-refractivity contribution in [2.75, 3.05) is 6.54 Å². The van der Waals surface area contributed by atoms with E-state index in [0.717, 1.165) is 23.8 Å². The molecule has 0 aliphatic carbocycles. The lowest BCUT2D eigenvalue weighted by Crippen LogP contribution is -2.06. The molecule has 2 nitrogen and oxygen atoms in total. The van der Waals surface area contributed by atoms with Gasteiger partial charge in [-0.3, -0.25) is 0 Å². The van der Waals surface area contributed by atoms with Gasteiger partial charge in [0, 0.05) is 5.56 Å². The van der Waals surface area contributed by atoms with Crippen LogP contribution in [0.4, 0.5) is 8.78 Å². The maximum Gasteiger partial charge on any atom is 0.129 e. The molecule has 0 heterocycles. The van der Waals surface area contributed by atoms with Crippen LogP contribution < -0.4 is 5.73 Å². The topological polar surface area (TPSA) is 46.2 Å². The zero-order chi connectivity index (χ0) is 13.8. The Bertz CT molecular complexity index is 572. The monoisotopic (exact) mass is 263 g/mol. The molecule has 2 rings (SSSR count). The number of hydrogen-bond donors (Lipinski definition) is 2. The molecular weight excluding hydrogens is 248 g/mol. The highest BCUT2D eigenvalue weighted by atomic mass is 19.1. The van der Waals surface area contributed by atoms with Crippen molar-refractivity contribution in [1.82, 2.24) is 0 Å². The minimum Gasteiger partial charge on any atom is -0.384 e. The Kier molecular flexibility index (Phi) is 4.24. The molecule has 1 unspecified atom stereocenters. The molecule has 1 atom stereocenters. The molecule has 0 fully saturated rings. The largest absolute Gasteiger partial charge is 0.384 e. The van der Waals surface area contributed by atoms with Crippen molar-refractivity contribution >= 4 is 0 Å². The summed E-state index contributed by atoms with van der Waals surface area (Å²) in [6, 6.07) is 10.1. The van der Waals surface area contributed by atoms with Crippen LogP contribution in [0.15, 0.2) is 42.5 Å². The van der Waals surface area contributed by atoms with Gasteiger partial charge in [0.1, 0.15) is 17.7 Å². The van der Waals surface area contributed by atoms with Gasteiger partial charge in [0.25, 0.3) is 0 Å². The second-order valence-electron chi connectivity index (χ2n) is 4.35. The number of halogens is 2. The first kappa shape index (κ1) is 13.6. The predicted octanol–water partition coefficient (Wildman–Crippen LogP) is 2.55. The highest BCUT2D eigenvalue weighted by Gasteiger charge is 2.16. The maximum absolute atomic E-state index is 13.6. The molecule has 2 aromatic rings. The van der Waals surface area contributed by atoms with Crippen molar-refractivity contribution < 1.29 is 13.9 Å². The summed E-state index contributed by atoms with van der Waals surface area (Å²) in [7, 11) is 0. The van der Waals surface area contributed by atoms with Gasteiger partial charge in [-0.25, -0.2) is 8.78 Å². The van der Waals surface area contributed by atoms with Crippen molar-refractivity contribution in [2.24, 2.45) is 5.73 Å². The van der Waals surface area contributed by atoms with Crippen LogP contribution in [-0.2, 0) is 6.42 Å². The van der Waals surface area contributed by atoms with Crippen LogP contribution in [0.25, 0.3) is 0 Å². The number of hydrogen-bond acceptors (Lipinski definition) is 2. The van der Waals surface area contributed by atoms with Gasteiger partial charge in [-0.15, -0.1) is 0 Å². The average Bonchev–Trinajstić information content (AvgIpc) is 2.41. The van der Waals surface area contributed by atoms with Crippen molar-refractivity contribution in [3.05, 3.63) is 70.8 Å². The Hall–Kier alpha value is -1.78. The van der Waals surface area contributed by atoms with E-state index in [0.29, 0.717) is 18.5 Å². The molecule has 3 N–H and O–H groups in total. The number of nitrogens with two attached hydrogens (primary N) is 1. The Morgan fingerprint density at radius 3 is 2.63 bits per heavy atom. The van der Waals surface area contributed by atoms with Gasteiger partial charge in [-0.2, -0.15) is 0 Å². The van der Waals surface area contributed by atoms with E-state index >= 15 is 0 Å². The fourth-order valence-electron chi connectivity index (χ4n) is 1.99. The second-order valence-corrected chi connectivity index (χ2v) is 4.35. The molecule has 0 radical (unpaired) electrons. The molecule has 0 spiro atoms. The summed E-state index contributed by atoms with van der Waals surface area (Å²) in [6.07, 6.45) is -0.514. The Morgan fingerprint density at radius 2 is 1.89 bits per heavy atom. The first-order valence-corrected chi connectivity index (χ1v) is 6.03. The number of rotatable bonds is 4. The Morgan fingerprint density at radius 1 is 1.11 bits per heavy atom. The molecule has 0 amide bonds. The minimum atomic E-state index is -1.19. The van der Waals surface area contributed by atoms with Crippen molar-refractivity contribution in [3.63, 3.8) is 0 Å². The van der Waals surface area contributed by atoms with E-state index in [1.54, 1.807) is 18.2 Å². The van der Waals surface area contributed by atoms with Gasteiger partial charge < -0.3 is 10.8 Å². The van der Waals surface area contributed by atoms with E-state index in [2.05, 4.69) is 0 Å². The molecule has 0 saturated heterocycles. The Labute approximate surface area is 110 Å². The zero-order valence-electron chi connectivity index (χ0n) is 10.3. The van der Waals surface area contributed by atoms with E-state index in [1.807, 2.05) is 6.07 Å². The highest BCUT2D eigenvalue weighted by molar-refractivity contribution is 5.33. The molecule has 100 valence electrons. The van der Waals surface area contributed by atoms with Gasteiger partial charge in [0.2, 0.25) is 0 Å². The van der Waals surface area contributed by atoms with Crippen molar-refractivity contribution in [3.8, 4) is 0 Å². The van der Waals surface area contributed by atoms with Crippen LogP contribution in [0.5, 0.6) is 0 Å². The van der Waals surface area contributed by atoms with Crippen LogP contribution >= 0.6 is 0 Å². The van der Waals surface area contributed by atoms with Crippen LogP contribution in [0.2, 0.25) is 0 Å². The molecular formula is C15H15F2NO. The fourth-order valence-corrected chi connectivity index (χ4v) is 1.99. The summed E-state index contributed by atoms with van der Waals surface area (Å²) < 4.78 is 26.7. The lowest BCUT2D eigenvalue weighted by Gasteiger charge is -2.13. The Balaban J connectivity index is 2.35. The molecule has 2 aromatic carbocycles. The highest BCUT2D eigenvalue weighted by Crippen LogP contribution is 2.25. The number of benzene rings is 2. The third-order valence-electron chi connectivity index (χ3n) is 2.95. The third-order valence-corrected chi connectivity index (χ3v) is 2.95. The van der Waals surface area contributed by atoms with Crippen LogP contribution in [0, 0.1) is 11.6 Å². The molecule has 0 aliphatic rings. The summed E-state index contributed by atoms with van der Waals surface area (Å²) in [5.74, 6) is -1.20. The van der Waals surface area contributed by atoms with E-state index < -0.39 is 17.7 Å².